The van der Waals surface area contributed by atoms with E-state index < -0.39 is 40.0 Å². The number of hydrogen-bond donors (Lipinski definition) is 1. The molecule has 2 rings (SSSR count). The van der Waals surface area contributed by atoms with Crippen molar-refractivity contribution >= 4 is 16.9 Å². The third-order valence-electron chi connectivity index (χ3n) is 2.80. The summed E-state index contributed by atoms with van der Waals surface area (Å²) in [5.41, 5.74) is -2.01. The van der Waals surface area contributed by atoms with Crippen molar-refractivity contribution in [2.45, 2.75) is 0 Å². The molecular weight excluding hydrogens is 260 g/mol. The van der Waals surface area contributed by atoms with Gasteiger partial charge in [-0.2, -0.15) is 0 Å². The number of hydrogen-bond acceptors (Lipinski definition) is 4. The van der Waals surface area contributed by atoms with Gasteiger partial charge in [-0.1, -0.05) is 0 Å². The Morgan fingerprint density at radius 1 is 1.37 bits per heavy atom. The van der Waals surface area contributed by atoms with Crippen LogP contribution < -0.4 is 5.56 Å². The van der Waals surface area contributed by atoms with Crippen LogP contribution in [0.25, 0.3) is 10.9 Å². The predicted octanol–water partition coefficient (Wildman–Crippen LogP) is 1.31. The van der Waals surface area contributed by atoms with E-state index in [2.05, 4.69) is 4.74 Å². The Morgan fingerprint density at radius 3 is 2.58 bits per heavy atom. The number of aromatic hydroxyl groups is 1. The van der Waals surface area contributed by atoms with Crippen molar-refractivity contribution in [1.29, 1.82) is 0 Å². The quantitative estimate of drug-likeness (QED) is 0.792. The van der Waals surface area contributed by atoms with Crippen LogP contribution >= 0.6 is 0 Å². The second-order valence-corrected chi connectivity index (χ2v) is 3.84. The number of benzene rings is 1. The molecule has 0 bridgehead atoms. The number of halogens is 2. The highest BCUT2D eigenvalue weighted by atomic mass is 19.2. The number of carbonyl (C=O) groups is 1. The van der Waals surface area contributed by atoms with Crippen molar-refractivity contribution in [1.82, 2.24) is 4.57 Å². The number of nitrogens with zero attached hydrogens (tertiary/aromatic N) is 1. The van der Waals surface area contributed by atoms with E-state index in [9.17, 15) is 23.5 Å². The van der Waals surface area contributed by atoms with E-state index in [4.69, 9.17) is 0 Å². The number of methoxy groups -OCH3 is 1. The maximum Gasteiger partial charge on any atom is 0.347 e. The van der Waals surface area contributed by atoms with Crippen molar-refractivity contribution in [2.24, 2.45) is 7.05 Å². The smallest absolute Gasteiger partial charge is 0.347 e. The molecule has 2 aromatic rings. The normalized spacial score (nSPS) is 10.7. The minimum Gasteiger partial charge on any atom is -0.506 e. The molecule has 0 aliphatic heterocycles. The fraction of sp³-hybridized carbons (Fsp3) is 0.167. The van der Waals surface area contributed by atoms with Gasteiger partial charge in [-0.25, -0.2) is 13.6 Å². The van der Waals surface area contributed by atoms with Gasteiger partial charge in [0, 0.05) is 12.4 Å². The van der Waals surface area contributed by atoms with Gasteiger partial charge in [0.1, 0.15) is 5.75 Å². The van der Waals surface area contributed by atoms with Crippen LogP contribution in [0.5, 0.6) is 5.75 Å². The summed E-state index contributed by atoms with van der Waals surface area (Å²) in [7, 11) is 2.20. The van der Waals surface area contributed by atoms with Gasteiger partial charge >= 0.3 is 5.97 Å². The molecule has 0 fully saturated rings. The number of aromatic nitrogens is 1. The Kier molecular flexibility index (Phi) is 2.97. The molecule has 1 aromatic carbocycles. The first-order valence-corrected chi connectivity index (χ1v) is 5.18. The number of esters is 1. The molecule has 0 saturated heterocycles. The molecule has 100 valence electrons. The molecule has 0 radical (unpaired) electrons. The summed E-state index contributed by atoms with van der Waals surface area (Å²) in [6, 6.07) is 1.87. The van der Waals surface area contributed by atoms with Crippen LogP contribution in [-0.4, -0.2) is 22.8 Å². The Bertz CT molecular complexity index is 752. The molecule has 0 aliphatic rings. The number of ether oxygens (including phenoxy) is 1. The van der Waals surface area contributed by atoms with E-state index >= 15 is 0 Å². The minimum absolute atomic E-state index is 0.151. The lowest BCUT2D eigenvalue weighted by molar-refractivity contribution is 0.0595. The van der Waals surface area contributed by atoms with Gasteiger partial charge in [0.05, 0.1) is 12.6 Å². The average Bonchev–Trinajstić information content (AvgIpc) is 2.39. The summed E-state index contributed by atoms with van der Waals surface area (Å²) in [6.45, 7) is 0. The van der Waals surface area contributed by atoms with Crippen molar-refractivity contribution in [3.8, 4) is 5.75 Å². The first-order chi connectivity index (χ1) is 8.90. The number of pyridine rings is 1. The number of fused-ring (bicyclic) bond motifs is 1. The molecule has 1 aromatic heterocycles. The zero-order valence-electron chi connectivity index (χ0n) is 10.0. The van der Waals surface area contributed by atoms with E-state index in [0.29, 0.717) is 0 Å². The summed E-state index contributed by atoms with van der Waals surface area (Å²) in [5, 5.41) is 9.72. The van der Waals surface area contributed by atoms with E-state index in [1.165, 1.54) is 7.05 Å². The second-order valence-electron chi connectivity index (χ2n) is 3.84. The Labute approximate surface area is 105 Å². The van der Waals surface area contributed by atoms with Crippen molar-refractivity contribution in [3.05, 3.63) is 39.7 Å². The summed E-state index contributed by atoms with van der Waals surface area (Å²) in [4.78, 5) is 23.3. The maximum absolute atomic E-state index is 13.7. The largest absolute Gasteiger partial charge is 0.506 e. The molecule has 0 unspecified atom stereocenters. The van der Waals surface area contributed by atoms with Gasteiger partial charge in [0.15, 0.2) is 17.2 Å². The van der Waals surface area contributed by atoms with E-state index in [0.717, 1.165) is 23.8 Å². The Balaban J connectivity index is 3.04. The summed E-state index contributed by atoms with van der Waals surface area (Å²) in [5.74, 6) is -4.22. The predicted molar refractivity (Wildman–Crippen MR) is 62.1 cm³/mol. The molecule has 0 aliphatic carbocycles. The summed E-state index contributed by atoms with van der Waals surface area (Å²) in [6.07, 6.45) is 0. The fourth-order valence-electron chi connectivity index (χ4n) is 1.85. The van der Waals surface area contributed by atoms with Crippen molar-refractivity contribution < 1.29 is 23.4 Å². The SMILES string of the molecule is COC(=O)c1c(O)c2ccc(F)c(F)c2n(C)c1=O. The molecule has 7 heteroatoms. The summed E-state index contributed by atoms with van der Waals surface area (Å²) >= 11 is 0. The van der Waals surface area contributed by atoms with Gasteiger partial charge in [-0.15, -0.1) is 0 Å². The van der Waals surface area contributed by atoms with Crippen LogP contribution in [0.2, 0.25) is 0 Å². The Hall–Kier alpha value is -2.44. The standard InChI is InChI=1S/C12H9F2NO4/c1-15-9-5(3-4-6(13)8(9)14)10(16)7(11(15)17)12(18)19-2/h3-4,16H,1-2H3. The maximum atomic E-state index is 13.7. The number of carbonyl (C=O) groups excluding carboxylic acids is 1. The highest BCUT2D eigenvalue weighted by Crippen LogP contribution is 2.29. The van der Waals surface area contributed by atoms with Crippen LogP contribution in [0.1, 0.15) is 10.4 Å². The zero-order chi connectivity index (χ0) is 14.3. The first-order valence-electron chi connectivity index (χ1n) is 5.18. The topological polar surface area (TPSA) is 68.5 Å². The lowest BCUT2D eigenvalue weighted by atomic mass is 10.1. The lowest BCUT2D eigenvalue weighted by Gasteiger charge is -2.11. The first kappa shape index (κ1) is 13.0. The van der Waals surface area contributed by atoms with Gasteiger partial charge in [-0.05, 0) is 12.1 Å². The molecule has 1 heterocycles. The van der Waals surface area contributed by atoms with Crippen molar-refractivity contribution in [3.63, 3.8) is 0 Å². The number of aryl methyl sites for hydroxylation is 1. The van der Waals surface area contributed by atoms with Crippen LogP contribution in [-0.2, 0) is 11.8 Å². The molecule has 0 saturated carbocycles. The monoisotopic (exact) mass is 269 g/mol. The summed E-state index contributed by atoms with van der Waals surface area (Å²) < 4.78 is 32.0. The van der Waals surface area contributed by atoms with Crippen LogP contribution in [0.3, 0.4) is 0 Å². The second kappa shape index (κ2) is 4.34. The molecule has 0 atom stereocenters. The van der Waals surface area contributed by atoms with Crippen molar-refractivity contribution in [2.75, 3.05) is 7.11 Å². The molecule has 19 heavy (non-hydrogen) atoms. The van der Waals surface area contributed by atoms with Gasteiger partial charge in [0.25, 0.3) is 5.56 Å². The van der Waals surface area contributed by atoms with Gasteiger partial charge < -0.3 is 14.4 Å². The zero-order valence-corrected chi connectivity index (χ0v) is 10.0. The van der Waals surface area contributed by atoms with Crippen LogP contribution in [0.15, 0.2) is 16.9 Å². The fourth-order valence-corrected chi connectivity index (χ4v) is 1.85. The molecule has 5 nitrogen and oxygen atoms in total. The molecule has 0 amide bonds. The average molecular weight is 269 g/mol. The number of rotatable bonds is 1. The van der Waals surface area contributed by atoms with E-state index in [1.807, 2.05) is 0 Å². The lowest BCUT2D eigenvalue weighted by Crippen LogP contribution is -2.26. The van der Waals surface area contributed by atoms with E-state index in [1.54, 1.807) is 0 Å². The molecular formula is C12H9F2NO4. The van der Waals surface area contributed by atoms with E-state index in [-0.39, 0.29) is 5.39 Å². The van der Waals surface area contributed by atoms with Gasteiger partial charge in [-0.3, -0.25) is 4.79 Å². The third kappa shape index (κ3) is 1.74. The minimum atomic E-state index is -1.27. The Morgan fingerprint density at radius 2 is 2.00 bits per heavy atom. The highest BCUT2D eigenvalue weighted by Gasteiger charge is 2.24. The van der Waals surface area contributed by atoms with Gasteiger partial charge in [0.2, 0.25) is 0 Å². The van der Waals surface area contributed by atoms with Crippen LogP contribution in [0.4, 0.5) is 8.78 Å². The molecule has 0 spiro atoms. The van der Waals surface area contributed by atoms with Crippen LogP contribution in [0, 0.1) is 11.6 Å². The third-order valence-corrected chi connectivity index (χ3v) is 2.80. The molecule has 1 N–H and O–H groups in total. The highest BCUT2D eigenvalue weighted by molar-refractivity contribution is 5.99.